The van der Waals surface area contributed by atoms with Gasteiger partial charge in [-0.05, 0) is 31.0 Å². The summed E-state index contributed by atoms with van der Waals surface area (Å²) in [6.45, 7) is 0. The Hall–Kier alpha value is -0.650. The summed E-state index contributed by atoms with van der Waals surface area (Å²) >= 11 is 5.88. The van der Waals surface area contributed by atoms with Gasteiger partial charge in [-0.3, -0.25) is 0 Å². The standard InChI is InChI=1S/C12H14ClFO3S/c13-10-5-4-8(14)7-9(10)12(15)11-3-1-2-6-18(11,16)17/h4-5,7,11-12,15H,1-3,6H2. The average molecular weight is 293 g/mol. The average Bonchev–Trinajstić information content (AvgIpc) is 2.31. The zero-order chi connectivity index (χ0) is 13.3. The van der Waals surface area contributed by atoms with Crippen LogP contribution in [0.25, 0.3) is 0 Å². The third-order valence-electron chi connectivity index (χ3n) is 3.26. The predicted octanol–water partition coefficient (Wildman–Crippen LogP) is 2.48. The molecule has 0 spiro atoms. The Balaban J connectivity index is 2.35. The van der Waals surface area contributed by atoms with Crippen molar-refractivity contribution in [1.29, 1.82) is 0 Å². The van der Waals surface area contributed by atoms with E-state index in [0.717, 1.165) is 12.5 Å². The summed E-state index contributed by atoms with van der Waals surface area (Å²) in [5.74, 6) is -0.469. The van der Waals surface area contributed by atoms with Crippen LogP contribution in [-0.4, -0.2) is 24.5 Å². The minimum Gasteiger partial charge on any atom is -0.387 e. The van der Waals surface area contributed by atoms with Gasteiger partial charge in [0, 0.05) is 10.6 Å². The van der Waals surface area contributed by atoms with E-state index in [4.69, 9.17) is 11.6 Å². The fourth-order valence-corrected chi connectivity index (χ4v) is 4.48. The van der Waals surface area contributed by atoms with E-state index in [-0.39, 0.29) is 16.3 Å². The first kappa shape index (κ1) is 13.8. The van der Waals surface area contributed by atoms with Gasteiger partial charge in [0.25, 0.3) is 0 Å². The predicted molar refractivity (Wildman–Crippen MR) is 67.8 cm³/mol. The maximum Gasteiger partial charge on any atom is 0.156 e. The molecule has 2 atom stereocenters. The van der Waals surface area contributed by atoms with Crippen LogP contribution in [0.4, 0.5) is 4.39 Å². The Kier molecular flexibility index (Phi) is 3.94. The van der Waals surface area contributed by atoms with Crippen LogP contribution in [0.1, 0.15) is 30.9 Å². The van der Waals surface area contributed by atoms with E-state index in [1.807, 2.05) is 0 Å². The van der Waals surface area contributed by atoms with E-state index in [1.165, 1.54) is 12.1 Å². The van der Waals surface area contributed by atoms with Crippen LogP contribution in [-0.2, 0) is 9.84 Å². The lowest BCUT2D eigenvalue weighted by Crippen LogP contribution is -2.34. The second-order valence-corrected chi connectivity index (χ2v) is 7.26. The molecule has 1 aromatic carbocycles. The number of hydrogen-bond donors (Lipinski definition) is 1. The molecule has 1 N–H and O–H groups in total. The molecule has 1 fully saturated rings. The van der Waals surface area contributed by atoms with Gasteiger partial charge in [0.2, 0.25) is 0 Å². The first-order valence-corrected chi connectivity index (χ1v) is 7.86. The molecular formula is C12H14ClFO3S. The van der Waals surface area contributed by atoms with Gasteiger partial charge in [0.15, 0.2) is 9.84 Å². The van der Waals surface area contributed by atoms with Gasteiger partial charge >= 0.3 is 0 Å². The van der Waals surface area contributed by atoms with E-state index < -0.39 is 27.0 Å². The van der Waals surface area contributed by atoms with Gasteiger partial charge < -0.3 is 5.11 Å². The van der Waals surface area contributed by atoms with Crippen LogP contribution in [0.5, 0.6) is 0 Å². The van der Waals surface area contributed by atoms with Crippen LogP contribution < -0.4 is 0 Å². The van der Waals surface area contributed by atoms with E-state index in [2.05, 4.69) is 0 Å². The number of halogens is 2. The smallest absolute Gasteiger partial charge is 0.156 e. The normalized spacial score (nSPS) is 24.7. The van der Waals surface area contributed by atoms with Crippen LogP contribution in [0.3, 0.4) is 0 Å². The monoisotopic (exact) mass is 292 g/mol. The van der Waals surface area contributed by atoms with E-state index in [1.54, 1.807) is 0 Å². The van der Waals surface area contributed by atoms with Crippen molar-refractivity contribution in [3.63, 3.8) is 0 Å². The van der Waals surface area contributed by atoms with E-state index in [9.17, 15) is 17.9 Å². The van der Waals surface area contributed by atoms with E-state index >= 15 is 0 Å². The number of benzene rings is 1. The summed E-state index contributed by atoms with van der Waals surface area (Å²) < 4.78 is 36.9. The maximum absolute atomic E-state index is 13.1. The van der Waals surface area contributed by atoms with Gasteiger partial charge in [-0.25, -0.2) is 12.8 Å². The molecule has 100 valence electrons. The third-order valence-corrected chi connectivity index (χ3v) is 5.88. The largest absolute Gasteiger partial charge is 0.387 e. The van der Waals surface area contributed by atoms with Crippen molar-refractivity contribution in [2.45, 2.75) is 30.6 Å². The Morgan fingerprint density at radius 2 is 2.11 bits per heavy atom. The van der Waals surface area contributed by atoms with Gasteiger partial charge in [0.1, 0.15) is 5.82 Å². The molecule has 2 rings (SSSR count). The number of sulfone groups is 1. The summed E-state index contributed by atoms with van der Waals surface area (Å²) in [4.78, 5) is 0. The highest BCUT2D eigenvalue weighted by Gasteiger charge is 2.36. The summed E-state index contributed by atoms with van der Waals surface area (Å²) in [6, 6.07) is 3.59. The molecule has 0 aromatic heterocycles. The van der Waals surface area contributed by atoms with Crippen molar-refractivity contribution in [3.05, 3.63) is 34.6 Å². The Bertz CT molecular complexity index is 544. The Morgan fingerprint density at radius 1 is 1.39 bits per heavy atom. The van der Waals surface area contributed by atoms with Crippen LogP contribution in [0, 0.1) is 5.82 Å². The van der Waals surface area contributed by atoms with Crippen LogP contribution >= 0.6 is 11.6 Å². The Labute approximate surface area is 111 Å². The SMILES string of the molecule is O=S1(=O)CCCCC1C(O)c1cc(F)ccc1Cl. The van der Waals surface area contributed by atoms with Gasteiger partial charge in [0.05, 0.1) is 17.1 Å². The summed E-state index contributed by atoms with van der Waals surface area (Å²) in [7, 11) is -3.33. The van der Waals surface area contributed by atoms with Crippen molar-refractivity contribution >= 4 is 21.4 Å². The molecule has 3 nitrogen and oxygen atoms in total. The fourth-order valence-electron chi connectivity index (χ4n) is 2.28. The summed E-state index contributed by atoms with van der Waals surface area (Å²) in [5, 5.41) is 9.46. The Morgan fingerprint density at radius 3 is 2.78 bits per heavy atom. The lowest BCUT2D eigenvalue weighted by atomic mass is 10.0. The molecule has 0 saturated carbocycles. The molecule has 1 aliphatic rings. The minimum absolute atomic E-state index is 0.0711. The molecule has 18 heavy (non-hydrogen) atoms. The summed E-state index contributed by atoms with van der Waals surface area (Å²) in [6.07, 6.45) is 0.477. The minimum atomic E-state index is -3.33. The van der Waals surface area contributed by atoms with Crippen molar-refractivity contribution in [2.24, 2.45) is 0 Å². The molecule has 0 amide bonds. The molecule has 0 bridgehead atoms. The van der Waals surface area contributed by atoms with Crippen LogP contribution in [0.2, 0.25) is 5.02 Å². The van der Waals surface area contributed by atoms with E-state index in [0.29, 0.717) is 12.8 Å². The molecule has 1 saturated heterocycles. The molecular weight excluding hydrogens is 279 g/mol. The molecule has 0 aliphatic carbocycles. The highest BCUT2D eigenvalue weighted by molar-refractivity contribution is 7.92. The summed E-state index contributed by atoms with van der Waals surface area (Å²) in [5.41, 5.74) is 0.146. The van der Waals surface area contributed by atoms with Gasteiger partial charge in [-0.15, -0.1) is 0 Å². The second-order valence-electron chi connectivity index (χ2n) is 4.51. The quantitative estimate of drug-likeness (QED) is 0.911. The number of aliphatic hydroxyl groups excluding tert-OH is 1. The zero-order valence-corrected chi connectivity index (χ0v) is 11.2. The van der Waals surface area contributed by atoms with Gasteiger partial charge in [-0.1, -0.05) is 18.0 Å². The van der Waals surface area contributed by atoms with Crippen LogP contribution in [0.15, 0.2) is 18.2 Å². The number of hydrogen-bond acceptors (Lipinski definition) is 3. The van der Waals surface area contributed by atoms with Crippen molar-refractivity contribution < 1.29 is 17.9 Å². The van der Waals surface area contributed by atoms with Crippen molar-refractivity contribution in [1.82, 2.24) is 0 Å². The first-order chi connectivity index (χ1) is 8.42. The molecule has 0 radical (unpaired) electrons. The zero-order valence-electron chi connectivity index (χ0n) is 9.64. The molecule has 1 aromatic rings. The topological polar surface area (TPSA) is 54.4 Å². The lowest BCUT2D eigenvalue weighted by Gasteiger charge is -2.27. The fraction of sp³-hybridized carbons (Fsp3) is 0.500. The molecule has 2 unspecified atom stereocenters. The third kappa shape index (κ3) is 2.68. The van der Waals surface area contributed by atoms with Crippen molar-refractivity contribution in [3.8, 4) is 0 Å². The molecule has 1 heterocycles. The molecule has 1 aliphatic heterocycles. The van der Waals surface area contributed by atoms with Crippen molar-refractivity contribution in [2.75, 3.05) is 5.75 Å². The highest BCUT2D eigenvalue weighted by atomic mass is 35.5. The first-order valence-electron chi connectivity index (χ1n) is 5.76. The highest BCUT2D eigenvalue weighted by Crippen LogP contribution is 2.34. The maximum atomic E-state index is 13.1. The molecule has 6 heteroatoms. The second kappa shape index (κ2) is 5.15. The lowest BCUT2D eigenvalue weighted by molar-refractivity contribution is 0.164. The number of rotatable bonds is 2. The number of aliphatic hydroxyl groups is 1. The van der Waals surface area contributed by atoms with Gasteiger partial charge in [-0.2, -0.15) is 0 Å².